The van der Waals surface area contributed by atoms with E-state index in [0.717, 1.165) is 14.2 Å². The summed E-state index contributed by atoms with van der Waals surface area (Å²) in [6, 6.07) is 6.66. The molecule has 0 fully saturated rings. The van der Waals surface area contributed by atoms with Crippen LogP contribution in [0.25, 0.3) is 0 Å². The first-order valence-corrected chi connectivity index (χ1v) is 7.77. The molecule has 17 heavy (non-hydrogen) atoms. The molecule has 2 rings (SSSR count). The molecule has 2 aromatic rings. The second kappa shape index (κ2) is 5.72. The van der Waals surface area contributed by atoms with Gasteiger partial charge in [0.1, 0.15) is 0 Å². The Morgan fingerprint density at radius 2 is 2.00 bits per heavy atom. The Kier molecular flexibility index (Phi) is 4.50. The summed E-state index contributed by atoms with van der Waals surface area (Å²) in [6.07, 6.45) is 0. The lowest BCUT2D eigenvalue weighted by atomic mass is 10.1. The van der Waals surface area contributed by atoms with E-state index in [1.807, 2.05) is 6.07 Å². The second-order valence-corrected chi connectivity index (χ2v) is 7.17. The first-order chi connectivity index (χ1) is 8.08. The number of hydrogen-bond acceptors (Lipinski definition) is 3. The van der Waals surface area contributed by atoms with E-state index in [4.69, 9.17) is 23.2 Å². The fourth-order valence-corrected chi connectivity index (χ4v) is 4.12. The number of hydrogen-bond donors (Lipinski definition) is 1. The second-order valence-electron chi connectivity index (χ2n) is 3.91. The fraction of sp³-hybridized carbons (Fsp3) is 0.333. The van der Waals surface area contributed by atoms with E-state index in [2.05, 4.69) is 36.7 Å². The fourth-order valence-electron chi connectivity index (χ4n) is 1.73. The molecule has 0 spiro atoms. The molecule has 5 heteroatoms. The third kappa shape index (κ3) is 3.24. The number of thiophene rings is 2. The maximum atomic E-state index is 6.14. The van der Waals surface area contributed by atoms with Crippen molar-refractivity contribution in [2.24, 2.45) is 0 Å². The highest BCUT2D eigenvalue weighted by molar-refractivity contribution is 7.20. The van der Waals surface area contributed by atoms with E-state index in [1.54, 1.807) is 11.3 Å². The van der Waals surface area contributed by atoms with Crippen molar-refractivity contribution in [1.29, 1.82) is 0 Å². The zero-order valence-electron chi connectivity index (χ0n) is 9.54. The lowest BCUT2D eigenvalue weighted by molar-refractivity contribution is 0.501. The SMILES string of the molecule is CC(N[C@@H](C)c1cccs1)c1cc(Cl)sc1Cl. The topological polar surface area (TPSA) is 12.0 Å². The molecule has 0 aliphatic heterocycles. The van der Waals surface area contributed by atoms with E-state index in [-0.39, 0.29) is 6.04 Å². The van der Waals surface area contributed by atoms with Crippen molar-refractivity contribution in [2.45, 2.75) is 25.9 Å². The summed E-state index contributed by atoms with van der Waals surface area (Å²) >= 11 is 15.3. The Bertz CT molecular complexity index is 479. The minimum Gasteiger partial charge on any atom is -0.303 e. The molecular weight excluding hydrogens is 293 g/mol. The van der Waals surface area contributed by atoms with E-state index >= 15 is 0 Å². The van der Waals surface area contributed by atoms with Crippen LogP contribution in [-0.2, 0) is 0 Å². The standard InChI is InChI=1S/C12H13Cl2NS2/c1-7(9-6-11(13)17-12(9)14)15-8(2)10-4-3-5-16-10/h3-8,15H,1-2H3/t7?,8-/m0/s1. The van der Waals surface area contributed by atoms with Crippen LogP contribution in [0.3, 0.4) is 0 Å². The van der Waals surface area contributed by atoms with Gasteiger partial charge in [0.15, 0.2) is 0 Å². The monoisotopic (exact) mass is 305 g/mol. The molecule has 1 nitrogen and oxygen atoms in total. The predicted octanol–water partition coefficient (Wildman–Crippen LogP) is 5.53. The van der Waals surface area contributed by atoms with Crippen molar-refractivity contribution >= 4 is 45.9 Å². The van der Waals surface area contributed by atoms with Gasteiger partial charge in [-0.2, -0.15) is 0 Å². The van der Waals surface area contributed by atoms with Gasteiger partial charge < -0.3 is 5.32 Å². The summed E-state index contributed by atoms with van der Waals surface area (Å²) in [6.45, 7) is 4.26. The molecule has 2 heterocycles. The maximum Gasteiger partial charge on any atom is 0.0991 e. The normalized spacial score (nSPS) is 14.8. The van der Waals surface area contributed by atoms with Crippen molar-refractivity contribution in [3.8, 4) is 0 Å². The zero-order valence-corrected chi connectivity index (χ0v) is 12.7. The average Bonchev–Trinajstić information content (AvgIpc) is 2.87. The van der Waals surface area contributed by atoms with Gasteiger partial charge in [0.25, 0.3) is 0 Å². The van der Waals surface area contributed by atoms with Gasteiger partial charge in [-0.25, -0.2) is 0 Å². The third-order valence-corrected chi connectivity index (χ3v) is 5.19. The molecule has 0 aromatic carbocycles. The molecule has 0 radical (unpaired) electrons. The lowest BCUT2D eigenvalue weighted by Crippen LogP contribution is -2.21. The van der Waals surface area contributed by atoms with Crippen molar-refractivity contribution in [3.63, 3.8) is 0 Å². The Morgan fingerprint density at radius 3 is 2.53 bits per heavy atom. The van der Waals surface area contributed by atoms with Crippen LogP contribution in [0.15, 0.2) is 23.6 Å². The van der Waals surface area contributed by atoms with Crippen LogP contribution in [-0.4, -0.2) is 0 Å². The van der Waals surface area contributed by atoms with Gasteiger partial charge in [0.2, 0.25) is 0 Å². The molecule has 0 saturated carbocycles. The van der Waals surface area contributed by atoms with Gasteiger partial charge in [-0.05, 0) is 36.9 Å². The smallest absolute Gasteiger partial charge is 0.0991 e. The molecule has 0 bridgehead atoms. The molecule has 1 unspecified atom stereocenters. The number of halogens is 2. The quantitative estimate of drug-likeness (QED) is 0.783. The average molecular weight is 306 g/mol. The molecule has 92 valence electrons. The molecule has 1 N–H and O–H groups in total. The minimum absolute atomic E-state index is 0.198. The van der Waals surface area contributed by atoms with E-state index in [0.29, 0.717) is 6.04 Å². The molecule has 0 amide bonds. The Hall–Kier alpha value is -0.0600. The van der Waals surface area contributed by atoms with Gasteiger partial charge in [0.05, 0.1) is 8.67 Å². The lowest BCUT2D eigenvalue weighted by Gasteiger charge is -2.18. The molecule has 0 aliphatic carbocycles. The van der Waals surface area contributed by atoms with Crippen LogP contribution in [0.4, 0.5) is 0 Å². The molecule has 0 aliphatic rings. The van der Waals surface area contributed by atoms with Crippen LogP contribution in [0, 0.1) is 0 Å². The number of nitrogens with one attached hydrogen (secondary N) is 1. The van der Waals surface area contributed by atoms with Crippen molar-refractivity contribution in [2.75, 3.05) is 0 Å². The van der Waals surface area contributed by atoms with Crippen LogP contribution >= 0.6 is 45.9 Å². The minimum atomic E-state index is 0.198. The molecule has 2 atom stereocenters. The molecular formula is C12H13Cl2NS2. The van der Waals surface area contributed by atoms with Gasteiger partial charge in [-0.1, -0.05) is 29.3 Å². The van der Waals surface area contributed by atoms with Crippen molar-refractivity contribution < 1.29 is 0 Å². The Morgan fingerprint density at radius 1 is 1.24 bits per heavy atom. The van der Waals surface area contributed by atoms with E-state index in [1.165, 1.54) is 16.2 Å². The van der Waals surface area contributed by atoms with E-state index in [9.17, 15) is 0 Å². The van der Waals surface area contributed by atoms with Gasteiger partial charge in [0, 0.05) is 17.0 Å². The first kappa shape index (κ1) is 13.4. The summed E-state index contributed by atoms with van der Waals surface area (Å²) in [5, 5.41) is 5.62. The Labute approximate surface area is 119 Å². The molecule has 0 saturated heterocycles. The van der Waals surface area contributed by atoms with Gasteiger partial charge in [-0.3, -0.25) is 0 Å². The van der Waals surface area contributed by atoms with Gasteiger partial charge >= 0.3 is 0 Å². The number of rotatable bonds is 4. The summed E-state index contributed by atoms with van der Waals surface area (Å²) in [4.78, 5) is 1.33. The van der Waals surface area contributed by atoms with Crippen LogP contribution < -0.4 is 5.32 Å². The summed E-state index contributed by atoms with van der Waals surface area (Å²) in [5.74, 6) is 0. The first-order valence-electron chi connectivity index (χ1n) is 5.32. The zero-order chi connectivity index (χ0) is 12.4. The van der Waals surface area contributed by atoms with Crippen LogP contribution in [0.2, 0.25) is 8.67 Å². The summed E-state index contributed by atoms with van der Waals surface area (Å²) in [7, 11) is 0. The van der Waals surface area contributed by atoms with Gasteiger partial charge in [-0.15, -0.1) is 22.7 Å². The summed E-state index contributed by atoms with van der Waals surface area (Å²) in [5.41, 5.74) is 1.07. The van der Waals surface area contributed by atoms with Crippen LogP contribution in [0.5, 0.6) is 0 Å². The maximum absolute atomic E-state index is 6.14. The largest absolute Gasteiger partial charge is 0.303 e. The Balaban J connectivity index is 2.06. The predicted molar refractivity (Wildman–Crippen MR) is 78.6 cm³/mol. The third-order valence-electron chi connectivity index (χ3n) is 2.62. The van der Waals surface area contributed by atoms with E-state index < -0.39 is 0 Å². The highest BCUT2D eigenvalue weighted by Crippen LogP contribution is 2.35. The summed E-state index contributed by atoms with van der Waals surface area (Å²) < 4.78 is 1.51. The highest BCUT2D eigenvalue weighted by atomic mass is 35.5. The van der Waals surface area contributed by atoms with Crippen LogP contribution in [0.1, 0.15) is 36.4 Å². The molecule has 2 aromatic heterocycles. The van der Waals surface area contributed by atoms with Crippen molar-refractivity contribution in [3.05, 3.63) is 42.7 Å². The highest BCUT2D eigenvalue weighted by Gasteiger charge is 2.16. The van der Waals surface area contributed by atoms with Crippen molar-refractivity contribution in [1.82, 2.24) is 5.32 Å².